The number of hydrogen-bond acceptors (Lipinski definition) is 4. The second-order valence-electron chi connectivity index (χ2n) is 4.09. The van der Waals surface area contributed by atoms with Crippen molar-refractivity contribution in [2.45, 2.75) is 25.7 Å². The fourth-order valence-corrected chi connectivity index (χ4v) is 1.71. The van der Waals surface area contributed by atoms with Gasteiger partial charge in [0.25, 0.3) is 0 Å². The van der Waals surface area contributed by atoms with Gasteiger partial charge in [-0.05, 0) is 30.0 Å². The van der Waals surface area contributed by atoms with Crippen LogP contribution in [0.5, 0.6) is 0 Å². The van der Waals surface area contributed by atoms with E-state index in [0.29, 0.717) is 12.8 Å². The van der Waals surface area contributed by atoms with Gasteiger partial charge in [-0.2, -0.15) is 0 Å². The summed E-state index contributed by atoms with van der Waals surface area (Å²) in [5.74, 6) is -0.966. The topological polar surface area (TPSA) is 69.4 Å². The Kier molecular flexibility index (Phi) is 5.23. The molecule has 0 spiro atoms. The molecule has 1 rings (SSSR count). The van der Waals surface area contributed by atoms with Gasteiger partial charge < -0.3 is 0 Å². The van der Waals surface area contributed by atoms with Crippen molar-refractivity contribution in [2.24, 2.45) is 0 Å². The number of halogens is 1. The van der Waals surface area contributed by atoms with Crippen LogP contribution in [0.15, 0.2) is 24.3 Å². The lowest BCUT2D eigenvalue weighted by Gasteiger charge is -2.11. The van der Waals surface area contributed by atoms with Crippen LogP contribution >= 0.6 is 0 Å². The van der Waals surface area contributed by atoms with Crippen molar-refractivity contribution in [3.05, 3.63) is 45.5 Å². The van der Waals surface area contributed by atoms with Gasteiger partial charge in [-0.15, -0.1) is 0 Å². The summed E-state index contributed by atoms with van der Waals surface area (Å²) in [5, 5.41) is 10.2. The summed E-state index contributed by atoms with van der Waals surface area (Å²) in [6.45, 7) is 1.83. The summed E-state index contributed by atoms with van der Waals surface area (Å²) in [4.78, 5) is 24.0. The van der Waals surface area contributed by atoms with Crippen molar-refractivity contribution in [1.29, 1.82) is 0 Å². The lowest BCUT2D eigenvalue weighted by molar-refractivity contribution is -0.480. The molecule has 1 aromatic rings. The van der Waals surface area contributed by atoms with E-state index >= 15 is 0 Å². The van der Waals surface area contributed by atoms with Crippen molar-refractivity contribution in [3.8, 4) is 0 Å². The van der Waals surface area contributed by atoms with Gasteiger partial charge in [0.15, 0.2) is 0 Å². The molecule has 18 heavy (non-hydrogen) atoms. The molecule has 0 fully saturated rings. The third-order valence-electron chi connectivity index (χ3n) is 2.74. The van der Waals surface area contributed by atoms with Crippen LogP contribution in [-0.2, 0) is 4.94 Å². The van der Waals surface area contributed by atoms with E-state index in [1.165, 1.54) is 6.07 Å². The van der Waals surface area contributed by atoms with Gasteiger partial charge in [-0.1, -0.05) is 19.1 Å². The lowest BCUT2D eigenvalue weighted by atomic mass is 9.95. The van der Waals surface area contributed by atoms with Gasteiger partial charge in [0.2, 0.25) is 6.54 Å². The van der Waals surface area contributed by atoms with Gasteiger partial charge in [0.05, 0.1) is 5.56 Å². The van der Waals surface area contributed by atoms with E-state index in [-0.39, 0.29) is 22.9 Å². The molecule has 0 saturated heterocycles. The Hall–Kier alpha value is -1.98. The van der Waals surface area contributed by atoms with Crippen molar-refractivity contribution in [2.75, 3.05) is 6.54 Å². The first-order chi connectivity index (χ1) is 8.54. The Morgan fingerprint density at radius 1 is 1.56 bits per heavy atom. The fourth-order valence-electron chi connectivity index (χ4n) is 1.71. The van der Waals surface area contributed by atoms with Crippen LogP contribution in [-0.4, -0.2) is 17.4 Å². The van der Waals surface area contributed by atoms with Gasteiger partial charge in [-0.25, -0.2) is 9.74 Å². The van der Waals surface area contributed by atoms with Crippen molar-refractivity contribution < 1.29 is 19.2 Å². The summed E-state index contributed by atoms with van der Waals surface area (Å²) in [6, 6.07) is 6.42. The predicted octanol–water partition coefficient (Wildman–Crippen LogP) is 2.89. The van der Waals surface area contributed by atoms with Gasteiger partial charge >= 0.3 is 5.97 Å². The summed E-state index contributed by atoms with van der Waals surface area (Å²) in [6.07, 6.45) is 1.10. The van der Waals surface area contributed by atoms with Crippen molar-refractivity contribution in [1.82, 2.24) is 0 Å². The third-order valence-corrected chi connectivity index (χ3v) is 2.74. The Balaban J connectivity index is 2.65. The maximum atomic E-state index is 11.8. The third kappa shape index (κ3) is 4.12. The monoisotopic (exact) mass is 255 g/mol. The van der Waals surface area contributed by atoms with Crippen molar-refractivity contribution >= 4 is 5.97 Å². The van der Waals surface area contributed by atoms with Gasteiger partial charge in [0, 0.05) is 15.9 Å². The normalized spacial score (nSPS) is 11.9. The summed E-state index contributed by atoms with van der Waals surface area (Å²) < 4.78 is 11.8. The number of nitrogens with zero attached hydrogens (tertiary/aromatic N) is 1. The molecular formula is C12H14FNO4. The lowest BCUT2D eigenvalue weighted by Crippen LogP contribution is -2.04. The zero-order valence-electron chi connectivity index (χ0n) is 9.97. The second-order valence-corrected chi connectivity index (χ2v) is 4.09. The highest BCUT2D eigenvalue weighted by Gasteiger charge is 2.12. The Morgan fingerprint density at radius 2 is 2.28 bits per heavy atom. The van der Waals surface area contributed by atoms with Crippen LogP contribution in [0.25, 0.3) is 0 Å². The molecule has 1 atom stereocenters. The maximum absolute atomic E-state index is 11.8. The maximum Gasteiger partial charge on any atom is 0.379 e. The number of carbonyl (C=O) groups is 1. The molecule has 0 aliphatic heterocycles. The number of rotatable bonds is 6. The molecule has 0 bridgehead atoms. The molecule has 0 amide bonds. The number of benzene rings is 1. The van der Waals surface area contributed by atoms with Crippen LogP contribution in [0, 0.1) is 10.1 Å². The van der Waals surface area contributed by atoms with Gasteiger partial charge in [0.1, 0.15) is 0 Å². The zero-order chi connectivity index (χ0) is 13.5. The van der Waals surface area contributed by atoms with Crippen LogP contribution in [0.3, 0.4) is 0 Å². The standard InChI is InChI=1S/C12H14FNO4/c1-9(4-3-7-14(16)17)10-5-2-6-11(8-10)12(15)18-13/h2,5-6,8-9H,3-4,7H2,1H3. The minimum absolute atomic E-state index is 0.0670. The molecule has 1 unspecified atom stereocenters. The molecule has 0 aromatic heterocycles. The molecular weight excluding hydrogens is 241 g/mol. The Bertz CT molecular complexity index is 436. The summed E-state index contributed by atoms with van der Waals surface area (Å²) >= 11 is 0. The fraction of sp³-hybridized carbons (Fsp3) is 0.417. The minimum atomic E-state index is -1.03. The van der Waals surface area contributed by atoms with E-state index in [9.17, 15) is 19.4 Å². The second kappa shape index (κ2) is 6.68. The molecule has 0 heterocycles. The molecule has 0 aliphatic carbocycles. The van der Waals surface area contributed by atoms with Gasteiger partial charge in [-0.3, -0.25) is 10.1 Å². The molecule has 0 radical (unpaired) electrons. The minimum Gasteiger partial charge on any atom is -0.265 e. The van der Waals surface area contributed by atoms with E-state index in [1.54, 1.807) is 18.2 Å². The predicted molar refractivity (Wildman–Crippen MR) is 62.5 cm³/mol. The number of hydrogen-bond donors (Lipinski definition) is 0. The summed E-state index contributed by atoms with van der Waals surface area (Å²) in [5.41, 5.74) is 0.970. The summed E-state index contributed by atoms with van der Waals surface area (Å²) in [7, 11) is 0. The average molecular weight is 255 g/mol. The van der Waals surface area contributed by atoms with Crippen LogP contribution in [0.2, 0.25) is 0 Å². The van der Waals surface area contributed by atoms with E-state index < -0.39 is 5.97 Å². The van der Waals surface area contributed by atoms with Crippen LogP contribution in [0.1, 0.15) is 41.6 Å². The average Bonchev–Trinajstić information content (AvgIpc) is 2.37. The zero-order valence-corrected chi connectivity index (χ0v) is 9.97. The van der Waals surface area contributed by atoms with E-state index in [0.717, 1.165) is 5.56 Å². The van der Waals surface area contributed by atoms with E-state index in [1.807, 2.05) is 6.92 Å². The van der Waals surface area contributed by atoms with Crippen LogP contribution < -0.4 is 0 Å². The number of nitro groups is 1. The molecule has 0 saturated carbocycles. The first kappa shape index (κ1) is 14.1. The molecule has 6 heteroatoms. The highest BCUT2D eigenvalue weighted by atomic mass is 19.3. The smallest absolute Gasteiger partial charge is 0.265 e. The molecule has 0 N–H and O–H groups in total. The van der Waals surface area contributed by atoms with Crippen molar-refractivity contribution in [3.63, 3.8) is 0 Å². The Morgan fingerprint density at radius 3 is 2.89 bits per heavy atom. The molecule has 5 nitrogen and oxygen atoms in total. The van der Waals surface area contributed by atoms with E-state index in [2.05, 4.69) is 4.94 Å². The first-order valence-corrected chi connectivity index (χ1v) is 5.59. The molecule has 98 valence electrons. The SMILES string of the molecule is CC(CCC[N+](=O)[O-])c1cccc(C(=O)OF)c1. The number of carbonyl (C=O) groups excluding carboxylic acids is 1. The largest absolute Gasteiger partial charge is 0.379 e. The Labute approximate surface area is 104 Å². The quantitative estimate of drug-likeness (QED) is 0.579. The van der Waals surface area contributed by atoms with Crippen LogP contribution in [0.4, 0.5) is 4.53 Å². The highest BCUT2D eigenvalue weighted by molar-refractivity contribution is 5.89. The highest BCUT2D eigenvalue weighted by Crippen LogP contribution is 2.21. The molecule has 0 aliphatic rings. The molecule has 1 aromatic carbocycles. The van der Waals surface area contributed by atoms with E-state index in [4.69, 9.17) is 0 Å². The first-order valence-electron chi connectivity index (χ1n) is 5.59.